The molecule has 4 nitrogen and oxygen atoms in total. The van der Waals surface area contributed by atoms with Crippen LogP contribution in [0.4, 0.5) is 15.9 Å². The number of hydrogen-bond donors (Lipinski definition) is 1. The summed E-state index contributed by atoms with van der Waals surface area (Å²) in [4.78, 5) is 7.61. The molecule has 1 aromatic heterocycles. The summed E-state index contributed by atoms with van der Waals surface area (Å²) in [7, 11) is 1.40. The summed E-state index contributed by atoms with van der Waals surface area (Å²) in [5.74, 6) is -0.0209. The van der Waals surface area contributed by atoms with Crippen molar-refractivity contribution in [3.8, 4) is 5.75 Å². The van der Waals surface area contributed by atoms with Crippen molar-refractivity contribution in [3.63, 3.8) is 0 Å². The molecule has 1 aromatic carbocycles. The molecule has 0 atom stereocenters. The fourth-order valence-electron chi connectivity index (χ4n) is 1.31. The molecule has 0 fully saturated rings. The van der Waals surface area contributed by atoms with Gasteiger partial charge in [0.05, 0.1) is 13.3 Å². The van der Waals surface area contributed by atoms with Gasteiger partial charge in [0.25, 0.3) is 0 Å². The van der Waals surface area contributed by atoms with Gasteiger partial charge in [-0.3, -0.25) is 0 Å². The van der Waals surface area contributed by atoms with Crippen molar-refractivity contribution in [3.05, 3.63) is 40.5 Å². The van der Waals surface area contributed by atoms with Crippen LogP contribution in [0.2, 0.25) is 10.3 Å². The van der Waals surface area contributed by atoms with E-state index in [0.717, 1.165) is 0 Å². The van der Waals surface area contributed by atoms with Crippen molar-refractivity contribution < 1.29 is 9.13 Å². The van der Waals surface area contributed by atoms with Crippen molar-refractivity contribution in [1.82, 2.24) is 9.97 Å². The van der Waals surface area contributed by atoms with Crippen molar-refractivity contribution in [2.75, 3.05) is 12.4 Å². The minimum absolute atomic E-state index is 0.0517. The minimum atomic E-state index is -0.487. The van der Waals surface area contributed by atoms with E-state index in [2.05, 4.69) is 15.3 Å². The highest BCUT2D eigenvalue weighted by atomic mass is 35.5. The first kappa shape index (κ1) is 12.9. The SMILES string of the molecule is COc1ccc(Nc2nc(Cl)ncc2Cl)cc1F. The molecule has 0 spiro atoms. The highest BCUT2D eigenvalue weighted by Gasteiger charge is 2.07. The fraction of sp³-hybridized carbons (Fsp3) is 0.0909. The maximum absolute atomic E-state index is 13.5. The Hall–Kier alpha value is -1.59. The van der Waals surface area contributed by atoms with Gasteiger partial charge in [-0.2, -0.15) is 4.98 Å². The van der Waals surface area contributed by atoms with E-state index in [9.17, 15) is 4.39 Å². The number of halogens is 3. The molecule has 0 unspecified atom stereocenters. The van der Waals surface area contributed by atoms with E-state index in [1.54, 1.807) is 6.07 Å². The third kappa shape index (κ3) is 2.80. The summed E-state index contributed by atoms with van der Waals surface area (Å²) in [6.07, 6.45) is 1.36. The van der Waals surface area contributed by atoms with Gasteiger partial charge in [-0.05, 0) is 23.7 Å². The van der Waals surface area contributed by atoms with E-state index in [-0.39, 0.29) is 16.1 Å². The summed E-state index contributed by atoms with van der Waals surface area (Å²) in [5.41, 5.74) is 0.477. The van der Waals surface area contributed by atoms with Crippen LogP contribution in [0.5, 0.6) is 5.75 Å². The molecule has 0 bridgehead atoms. The van der Waals surface area contributed by atoms with Gasteiger partial charge >= 0.3 is 0 Å². The number of methoxy groups -OCH3 is 1. The second-order valence-corrected chi connectivity index (χ2v) is 4.06. The second kappa shape index (κ2) is 5.37. The summed E-state index contributed by atoms with van der Waals surface area (Å²) in [5, 5.41) is 3.18. The first-order valence-electron chi connectivity index (χ1n) is 4.89. The van der Waals surface area contributed by atoms with E-state index < -0.39 is 5.82 Å². The summed E-state index contributed by atoms with van der Waals surface area (Å²) >= 11 is 11.5. The molecule has 0 saturated carbocycles. The summed E-state index contributed by atoms with van der Waals surface area (Å²) < 4.78 is 18.3. The van der Waals surface area contributed by atoms with Gasteiger partial charge in [-0.1, -0.05) is 11.6 Å². The smallest absolute Gasteiger partial charge is 0.224 e. The van der Waals surface area contributed by atoms with Crippen LogP contribution in [0.15, 0.2) is 24.4 Å². The van der Waals surface area contributed by atoms with Gasteiger partial charge in [0.1, 0.15) is 5.02 Å². The number of nitrogens with one attached hydrogen (secondary N) is 1. The fourth-order valence-corrected chi connectivity index (χ4v) is 1.59. The van der Waals surface area contributed by atoms with E-state index in [1.165, 1.54) is 25.4 Å². The standard InChI is InChI=1S/C11H8Cl2FN3O/c1-18-9-3-2-6(4-8(9)14)16-10-7(12)5-15-11(13)17-10/h2-5H,1H3,(H,15,16,17). The average Bonchev–Trinajstić information content (AvgIpc) is 2.34. The average molecular weight is 288 g/mol. The Morgan fingerprint density at radius 1 is 1.33 bits per heavy atom. The predicted octanol–water partition coefficient (Wildman–Crippen LogP) is 3.67. The first-order chi connectivity index (χ1) is 8.60. The van der Waals surface area contributed by atoms with Gasteiger partial charge in [-0.15, -0.1) is 0 Å². The molecule has 1 N–H and O–H groups in total. The molecule has 0 aliphatic carbocycles. The zero-order valence-corrected chi connectivity index (χ0v) is 10.8. The lowest BCUT2D eigenvalue weighted by molar-refractivity contribution is 0.386. The maximum Gasteiger partial charge on any atom is 0.224 e. The number of hydrogen-bond acceptors (Lipinski definition) is 4. The Bertz CT molecular complexity index is 580. The van der Waals surface area contributed by atoms with Crippen molar-refractivity contribution in [2.45, 2.75) is 0 Å². The largest absolute Gasteiger partial charge is 0.494 e. The molecule has 7 heteroatoms. The van der Waals surface area contributed by atoms with E-state index >= 15 is 0 Å². The zero-order chi connectivity index (χ0) is 13.1. The molecule has 18 heavy (non-hydrogen) atoms. The van der Waals surface area contributed by atoms with Crippen LogP contribution in [0.1, 0.15) is 0 Å². The van der Waals surface area contributed by atoms with Crippen molar-refractivity contribution in [1.29, 1.82) is 0 Å². The second-order valence-electron chi connectivity index (χ2n) is 3.31. The van der Waals surface area contributed by atoms with Crippen LogP contribution in [-0.2, 0) is 0 Å². The predicted molar refractivity (Wildman–Crippen MR) is 68.3 cm³/mol. The van der Waals surface area contributed by atoms with Crippen LogP contribution in [0.3, 0.4) is 0 Å². The van der Waals surface area contributed by atoms with Crippen LogP contribution >= 0.6 is 23.2 Å². The Morgan fingerprint density at radius 3 is 2.78 bits per heavy atom. The number of ether oxygens (including phenoxy) is 1. The Labute approximate surface area is 113 Å². The van der Waals surface area contributed by atoms with Crippen LogP contribution in [-0.4, -0.2) is 17.1 Å². The molecule has 0 radical (unpaired) electrons. The molecule has 0 amide bonds. The van der Waals surface area contributed by atoms with E-state index in [1.807, 2.05) is 0 Å². The van der Waals surface area contributed by atoms with Crippen LogP contribution in [0, 0.1) is 5.82 Å². The third-order valence-corrected chi connectivity index (χ3v) is 2.59. The zero-order valence-electron chi connectivity index (χ0n) is 9.25. The van der Waals surface area contributed by atoms with Gasteiger partial charge < -0.3 is 10.1 Å². The number of rotatable bonds is 3. The number of anilines is 2. The van der Waals surface area contributed by atoms with Crippen molar-refractivity contribution in [2.24, 2.45) is 0 Å². The Kier molecular flexibility index (Phi) is 3.84. The highest BCUT2D eigenvalue weighted by Crippen LogP contribution is 2.26. The monoisotopic (exact) mass is 287 g/mol. The highest BCUT2D eigenvalue weighted by molar-refractivity contribution is 6.33. The van der Waals surface area contributed by atoms with E-state index in [4.69, 9.17) is 27.9 Å². The number of aromatic nitrogens is 2. The summed E-state index contributed by atoms with van der Waals surface area (Å²) in [6, 6.07) is 4.40. The number of nitrogens with zero attached hydrogens (tertiary/aromatic N) is 2. The molecule has 2 aromatic rings. The van der Waals surface area contributed by atoms with Crippen LogP contribution < -0.4 is 10.1 Å². The maximum atomic E-state index is 13.5. The van der Waals surface area contributed by atoms with Crippen molar-refractivity contribution >= 4 is 34.7 Å². The minimum Gasteiger partial charge on any atom is -0.494 e. The molecule has 0 saturated heterocycles. The van der Waals surface area contributed by atoms with E-state index in [0.29, 0.717) is 11.5 Å². The number of benzene rings is 1. The lowest BCUT2D eigenvalue weighted by Gasteiger charge is -2.08. The Morgan fingerprint density at radius 2 is 2.11 bits per heavy atom. The summed E-state index contributed by atoms with van der Waals surface area (Å²) in [6.45, 7) is 0. The Balaban J connectivity index is 2.28. The van der Waals surface area contributed by atoms with Gasteiger partial charge in [0.2, 0.25) is 5.28 Å². The van der Waals surface area contributed by atoms with Crippen LogP contribution in [0.25, 0.3) is 0 Å². The van der Waals surface area contributed by atoms with Gasteiger partial charge in [0, 0.05) is 11.8 Å². The molecule has 2 rings (SSSR count). The lowest BCUT2D eigenvalue weighted by atomic mass is 10.3. The lowest BCUT2D eigenvalue weighted by Crippen LogP contribution is -1.97. The molecule has 1 heterocycles. The quantitative estimate of drug-likeness (QED) is 0.875. The molecule has 0 aliphatic heterocycles. The molecular formula is C11H8Cl2FN3O. The molecule has 94 valence electrons. The normalized spacial score (nSPS) is 10.2. The van der Waals surface area contributed by atoms with Gasteiger partial charge in [-0.25, -0.2) is 9.37 Å². The third-order valence-electron chi connectivity index (χ3n) is 2.13. The molecule has 0 aliphatic rings. The topological polar surface area (TPSA) is 47.0 Å². The molecular weight excluding hydrogens is 280 g/mol. The van der Waals surface area contributed by atoms with Gasteiger partial charge in [0.15, 0.2) is 17.4 Å². The first-order valence-corrected chi connectivity index (χ1v) is 5.64.